The molecule has 1 N–H and O–H groups in total. The summed E-state index contributed by atoms with van der Waals surface area (Å²) in [6.45, 7) is 6.35. The van der Waals surface area contributed by atoms with Gasteiger partial charge in [0.25, 0.3) is 5.91 Å². The summed E-state index contributed by atoms with van der Waals surface area (Å²) in [7, 11) is 0. The second kappa shape index (κ2) is 8.37. The Hall–Kier alpha value is -2.29. The quantitative estimate of drug-likeness (QED) is 0.829. The van der Waals surface area contributed by atoms with Gasteiger partial charge in [-0.3, -0.25) is 4.79 Å². The molecule has 0 spiro atoms. The van der Waals surface area contributed by atoms with E-state index >= 15 is 0 Å². The largest absolute Gasteiger partial charge is 0.484 e. The third-order valence-corrected chi connectivity index (χ3v) is 3.60. The molecule has 2 aromatic carbocycles. The number of aryl methyl sites for hydroxylation is 1. The van der Waals surface area contributed by atoms with Crippen LogP contribution in [0.25, 0.3) is 0 Å². The van der Waals surface area contributed by atoms with Crippen LogP contribution in [0, 0.1) is 12.8 Å². The van der Waals surface area contributed by atoms with Gasteiger partial charge < -0.3 is 10.1 Å². The smallest absolute Gasteiger partial charge is 0.258 e. The number of benzene rings is 2. The Bertz CT molecular complexity index is 623. The van der Waals surface area contributed by atoms with Crippen molar-refractivity contribution in [1.82, 2.24) is 5.32 Å². The van der Waals surface area contributed by atoms with Gasteiger partial charge in [-0.1, -0.05) is 56.3 Å². The van der Waals surface area contributed by atoms with Crippen molar-refractivity contribution < 1.29 is 9.53 Å². The summed E-state index contributed by atoms with van der Waals surface area (Å²) in [6.07, 6.45) is 0.903. The van der Waals surface area contributed by atoms with Crippen molar-refractivity contribution in [1.29, 1.82) is 0 Å². The number of nitrogens with one attached hydrogen (secondary N) is 1. The van der Waals surface area contributed by atoms with E-state index in [4.69, 9.17) is 4.74 Å². The van der Waals surface area contributed by atoms with Crippen molar-refractivity contribution in [3.05, 3.63) is 65.7 Å². The van der Waals surface area contributed by atoms with Crippen LogP contribution in [-0.2, 0) is 4.79 Å². The van der Waals surface area contributed by atoms with Gasteiger partial charge in [0, 0.05) is 0 Å². The molecule has 0 saturated heterocycles. The topological polar surface area (TPSA) is 38.3 Å². The van der Waals surface area contributed by atoms with Crippen LogP contribution in [0.1, 0.15) is 37.4 Å². The summed E-state index contributed by atoms with van der Waals surface area (Å²) in [4.78, 5) is 12.2. The number of carbonyl (C=O) groups excluding carboxylic acids is 1. The number of hydrogen-bond acceptors (Lipinski definition) is 2. The molecule has 0 fully saturated rings. The number of amides is 1. The van der Waals surface area contributed by atoms with E-state index in [1.165, 1.54) is 0 Å². The standard InChI is InChI=1S/C20H25NO2/c1-15(2)12-19(17-9-5-4-6-10-17)21-20(22)14-23-18-11-7-8-16(3)13-18/h4-11,13,15,19H,12,14H2,1-3H3,(H,21,22)/t19-/m0/s1. The van der Waals surface area contributed by atoms with E-state index in [2.05, 4.69) is 31.3 Å². The average molecular weight is 311 g/mol. The Labute approximate surface area is 138 Å². The summed E-state index contributed by atoms with van der Waals surface area (Å²) in [6, 6.07) is 17.8. The van der Waals surface area contributed by atoms with Crippen LogP contribution < -0.4 is 10.1 Å². The molecular formula is C20H25NO2. The molecule has 3 heteroatoms. The molecule has 0 radical (unpaired) electrons. The summed E-state index contributed by atoms with van der Waals surface area (Å²) < 4.78 is 5.58. The summed E-state index contributed by atoms with van der Waals surface area (Å²) in [5.41, 5.74) is 2.25. The van der Waals surface area contributed by atoms with Gasteiger partial charge in [-0.25, -0.2) is 0 Å². The van der Waals surface area contributed by atoms with Crippen molar-refractivity contribution in [2.45, 2.75) is 33.2 Å². The molecule has 122 valence electrons. The average Bonchev–Trinajstić information content (AvgIpc) is 2.53. The van der Waals surface area contributed by atoms with Gasteiger partial charge >= 0.3 is 0 Å². The molecule has 0 aliphatic heterocycles. The van der Waals surface area contributed by atoms with Gasteiger partial charge in [0.2, 0.25) is 0 Å². The fourth-order valence-corrected chi connectivity index (χ4v) is 2.53. The number of carbonyl (C=O) groups is 1. The monoisotopic (exact) mass is 311 g/mol. The van der Waals surface area contributed by atoms with Gasteiger partial charge in [-0.15, -0.1) is 0 Å². The number of hydrogen-bond donors (Lipinski definition) is 1. The molecule has 3 nitrogen and oxygen atoms in total. The van der Waals surface area contributed by atoms with E-state index in [0.29, 0.717) is 5.92 Å². The molecule has 0 aromatic heterocycles. The minimum atomic E-state index is -0.0963. The molecule has 0 unspecified atom stereocenters. The number of ether oxygens (including phenoxy) is 1. The Morgan fingerprint density at radius 1 is 1.09 bits per heavy atom. The Morgan fingerprint density at radius 2 is 1.83 bits per heavy atom. The van der Waals surface area contributed by atoms with Gasteiger partial charge in [-0.2, -0.15) is 0 Å². The third-order valence-electron chi connectivity index (χ3n) is 3.60. The van der Waals surface area contributed by atoms with E-state index in [-0.39, 0.29) is 18.6 Å². The molecule has 2 aromatic rings. The molecule has 0 aliphatic carbocycles. The zero-order valence-electron chi connectivity index (χ0n) is 14.1. The highest BCUT2D eigenvalue weighted by Crippen LogP contribution is 2.21. The van der Waals surface area contributed by atoms with E-state index in [1.807, 2.05) is 49.4 Å². The van der Waals surface area contributed by atoms with Gasteiger partial charge in [0.05, 0.1) is 6.04 Å². The molecule has 0 bridgehead atoms. The van der Waals surface area contributed by atoms with Crippen LogP contribution >= 0.6 is 0 Å². The molecule has 2 rings (SSSR count). The Balaban J connectivity index is 1.95. The lowest BCUT2D eigenvalue weighted by molar-refractivity contribution is -0.124. The first-order chi connectivity index (χ1) is 11.0. The highest BCUT2D eigenvalue weighted by molar-refractivity contribution is 5.78. The molecule has 23 heavy (non-hydrogen) atoms. The highest BCUT2D eigenvalue weighted by Gasteiger charge is 2.16. The van der Waals surface area contributed by atoms with Crippen molar-refractivity contribution in [3.8, 4) is 5.75 Å². The highest BCUT2D eigenvalue weighted by atomic mass is 16.5. The maximum Gasteiger partial charge on any atom is 0.258 e. The van der Waals surface area contributed by atoms with Crippen LogP contribution in [0.4, 0.5) is 0 Å². The van der Waals surface area contributed by atoms with Crippen molar-refractivity contribution in [2.24, 2.45) is 5.92 Å². The number of rotatable bonds is 7. The molecule has 0 saturated carbocycles. The molecule has 0 heterocycles. The summed E-state index contributed by atoms with van der Waals surface area (Å²) in [5.74, 6) is 1.12. The van der Waals surface area contributed by atoms with Gasteiger partial charge in [0.15, 0.2) is 6.61 Å². The molecule has 1 atom stereocenters. The predicted octanol–water partition coefficient (Wildman–Crippen LogP) is 4.28. The minimum Gasteiger partial charge on any atom is -0.484 e. The van der Waals surface area contributed by atoms with E-state index in [1.54, 1.807) is 0 Å². The SMILES string of the molecule is Cc1cccc(OCC(=O)N[C@@H](CC(C)C)c2ccccc2)c1. The van der Waals surface area contributed by atoms with E-state index < -0.39 is 0 Å². The fourth-order valence-electron chi connectivity index (χ4n) is 2.53. The lowest BCUT2D eigenvalue weighted by Gasteiger charge is -2.21. The minimum absolute atomic E-state index is 0.0183. The molecular weight excluding hydrogens is 286 g/mol. The van der Waals surface area contributed by atoms with Gasteiger partial charge in [0.1, 0.15) is 5.75 Å². The maximum absolute atomic E-state index is 12.2. The predicted molar refractivity (Wildman–Crippen MR) is 93.5 cm³/mol. The van der Waals surface area contributed by atoms with Crippen molar-refractivity contribution in [2.75, 3.05) is 6.61 Å². The van der Waals surface area contributed by atoms with Crippen LogP contribution in [0.3, 0.4) is 0 Å². The zero-order valence-corrected chi connectivity index (χ0v) is 14.1. The first-order valence-corrected chi connectivity index (χ1v) is 8.08. The lowest BCUT2D eigenvalue weighted by atomic mass is 9.97. The summed E-state index contributed by atoms with van der Waals surface area (Å²) >= 11 is 0. The zero-order chi connectivity index (χ0) is 16.7. The van der Waals surface area contributed by atoms with Crippen LogP contribution in [0.15, 0.2) is 54.6 Å². The third kappa shape index (κ3) is 5.78. The summed E-state index contributed by atoms with van der Waals surface area (Å²) in [5, 5.41) is 3.09. The first-order valence-electron chi connectivity index (χ1n) is 8.08. The second-order valence-corrected chi connectivity index (χ2v) is 6.27. The van der Waals surface area contributed by atoms with Crippen LogP contribution in [-0.4, -0.2) is 12.5 Å². The first kappa shape index (κ1) is 17.1. The maximum atomic E-state index is 12.2. The Kier molecular flexibility index (Phi) is 6.21. The lowest BCUT2D eigenvalue weighted by Crippen LogP contribution is -2.33. The van der Waals surface area contributed by atoms with Crippen molar-refractivity contribution >= 4 is 5.91 Å². The molecule has 0 aliphatic rings. The molecule has 1 amide bonds. The van der Waals surface area contributed by atoms with Gasteiger partial charge in [-0.05, 0) is 42.5 Å². The van der Waals surface area contributed by atoms with E-state index in [0.717, 1.165) is 23.3 Å². The fraction of sp³-hybridized carbons (Fsp3) is 0.350. The van der Waals surface area contributed by atoms with Crippen molar-refractivity contribution in [3.63, 3.8) is 0 Å². The van der Waals surface area contributed by atoms with E-state index in [9.17, 15) is 4.79 Å². The normalized spacial score (nSPS) is 12.0. The second-order valence-electron chi connectivity index (χ2n) is 6.27. The Morgan fingerprint density at radius 3 is 2.48 bits per heavy atom. The van der Waals surface area contributed by atoms with Crippen LogP contribution in [0.5, 0.6) is 5.75 Å². The van der Waals surface area contributed by atoms with Crippen LogP contribution in [0.2, 0.25) is 0 Å².